The summed E-state index contributed by atoms with van der Waals surface area (Å²) >= 11 is 0. The van der Waals surface area contributed by atoms with E-state index in [0.717, 1.165) is 30.8 Å². The van der Waals surface area contributed by atoms with Crippen molar-refractivity contribution in [1.29, 1.82) is 0 Å². The number of likely N-dealkylation sites (tertiary alicyclic amines) is 5. The molecule has 3 unspecified atom stereocenters. The Balaban J connectivity index is 0.000000286. The molecule has 0 aliphatic carbocycles. The number of aliphatic hydroxyl groups excluding tert-OH is 3. The molecule has 0 aromatic carbocycles. The second kappa shape index (κ2) is 26.0. The SMILES string of the molecule is CC(C)CN.CC(C)CNC(=O)[C@H]([C@@H](C)O)N1CC2(CCCN2)C1=O.CC(C)CNC(=O)[C@H]([C@@H](C)O)N1CC2(CCCN2C(=O)OC(C)(C)C)C1=O.C[C@@H](O)[C@@H](C(=O)O)N1CC2(CCCN2C(=O)OC(C)(C)C)C1=O. The second-order valence-corrected chi connectivity index (χ2v) is 24.2. The van der Waals surface area contributed by atoms with Gasteiger partial charge in [0.2, 0.25) is 17.7 Å². The van der Waals surface area contributed by atoms with E-state index >= 15 is 0 Å². The van der Waals surface area contributed by atoms with Crippen molar-refractivity contribution in [2.24, 2.45) is 23.5 Å². The van der Waals surface area contributed by atoms with Gasteiger partial charge in [-0.25, -0.2) is 14.4 Å². The summed E-state index contributed by atoms with van der Waals surface area (Å²) in [6, 6.07) is -3.04. The summed E-state index contributed by atoms with van der Waals surface area (Å²) in [5.74, 6) is -1.42. The van der Waals surface area contributed by atoms with Crippen LogP contribution in [0.25, 0.3) is 0 Å². The monoisotopic (exact) mass is 1070 g/mol. The van der Waals surface area contributed by atoms with Gasteiger partial charge in [-0.05, 0) is 132 Å². The quantitative estimate of drug-likeness (QED) is 0.115. The number of hydrogen-bond donors (Lipinski definition) is 8. The number of aliphatic carboxylic acids is 1. The third-order valence-corrected chi connectivity index (χ3v) is 13.8. The van der Waals surface area contributed by atoms with E-state index in [2.05, 4.69) is 29.8 Å². The summed E-state index contributed by atoms with van der Waals surface area (Å²) in [6.07, 6.45) is 0.0574. The van der Waals surface area contributed by atoms with Crippen LogP contribution in [-0.2, 0) is 38.2 Å². The van der Waals surface area contributed by atoms with E-state index in [9.17, 15) is 58.8 Å². The Hall–Kier alpha value is -4.84. The van der Waals surface area contributed by atoms with Gasteiger partial charge in [0.05, 0.1) is 31.4 Å². The Morgan fingerprint density at radius 1 is 0.587 bits per heavy atom. The van der Waals surface area contributed by atoms with Crippen molar-refractivity contribution >= 4 is 47.7 Å². The number of ether oxygens (including phenoxy) is 2. The van der Waals surface area contributed by atoms with Gasteiger partial charge in [0.1, 0.15) is 39.9 Å². The molecular formula is C52H93N9O14. The summed E-state index contributed by atoms with van der Waals surface area (Å²) < 4.78 is 10.8. The van der Waals surface area contributed by atoms with Crippen LogP contribution in [0.4, 0.5) is 9.59 Å². The van der Waals surface area contributed by atoms with E-state index in [0.29, 0.717) is 70.2 Å². The number of nitrogens with two attached hydrogens (primary N) is 1. The van der Waals surface area contributed by atoms with E-state index < -0.39 is 88.3 Å². The lowest BCUT2D eigenvalue weighted by Gasteiger charge is -2.53. The van der Waals surface area contributed by atoms with Crippen LogP contribution in [0.15, 0.2) is 0 Å². The molecule has 23 nitrogen and oxygen atoms in total. The molecule has 0 bridgehead atoms. The number of carbonyl (C=O) groups is 8. The van der Waals surface area contributed by atoms with Gasteiger partial charge < -0.3 is 66.3 Å². The third kappa shape index (κ3) is 15.7. The minimum absolute atomic E-state index is 0.0550. The van der Waals surface area contributed by atoms with E-state index in [4.69, 9.17) is 15.2 Å². The Morgan fingerprint density at radius 3 is 1.21 bits per heavy atom. The van der Waals surface area contributed by atoms with Crippen LogP contribution in [-0.4, -0.2) is 216 Å². The predicted octanol–water partition coefficient (Wildman–Crippen LogP) is 1.63. The summed E-state index contributed by atoms with van der Waals surface area (Å²) in [6.45, 7) is 31.5. The fraction of sp³-hybridized carbons (Fsp3) is 0.846. The molecule has 9 atom stereocenters. The van der Waals surface area contributed by atoms with Gasteiger partial charge in [-0.3, -0.25) is 33.8 Å². The number of rotatable bonds is 14. The molecule has 430 valence electrons. The van der Waals surface area contributed by atoms with Crippen molar-refractivity contribution in [2.75, 3.05) is 58.9 Å². The number of aliphatic hydroxyl groups is 3. The first-order chi connectivity index (χ1) is 34.5. The third-order valence-electron chi connectivity index (χ3n) is 13.8. The first-order valence-electron chi connectivity index (χ1n) is 26.7. The number of β-lactam (4-membered cyclic amide) rings is 3. The van der Waals surface area contributed by atoms with Gasteiger partial charge in [0.25, 0.3) is 11.8 Å². The molecule has 3 spiro atoms. The van der Waals surface area contributed by atoms with Crippen molar-refractivity contribution in [3.8, 4) is 0 Å². The minimum atomic E-state index is -1.30. The molecule has 75 heavy (non-hydrogen) atoms. The lowest BCUT2D eigenvalue weighted by Crippen LogP contribution is -2.77. The van der Waals surface area contributed by atoms with Crippen molar-refractivity contribution in [2.45, 2.75) is 207 Å². The van der Waals surface area contributed by atoms with E-state index in [-0.39, 0.29) is 42.6 Å². The first kappa shape index (κ1) is 64.4. The van der Waals surface area contributed by atoms with Crippen LogP contribution in [0.1, 0.15) is 142 Å². The van der Waals surface area contributed by atoms with Crippen LogP contribution in [0.5, 0.6) is 0 Å². The number of amides is 7. The molecule has 6 heterocycles. The number of carbonyl (C=O) groups excluding carboxylic acids is 7. The zero-order valence-corrected chi connectivity index (χ0v) is 47.5. The fourth-order valence-corrected chi connectivity index (χ4v) is 9.96. The van der Waals surface area contributed by atoms with E-state index in [1.807, 2.05) is 27.7 Å². The Morgan fingerprint density at radius 2 is 0.947 bits per heavy atom. The number of hydrogen-bond acceptors (Lipinski definition) is 15. The van der Waals surface area contributed by atoms with E-state index in [1.54, 1.807) is 48.5 Å². The van der Waals surface area contributed by atoms with Crippen molar-refractivity contribution in [3.63, 3.8) is 0 Å². The molecule has 0 aromatic heterocycles. The van der Waals surface area contributed by atoms with Gasteiger partial charge >= 0.3 is 18.2 Å². The highest BCUT2D eigenvalue weighted by Gasteiger charge is 2.64. The van der Waals surface area contributed by atoms with Gasteiger partial charge in [0, 0.05) is 32.7 Å². The van der Waals surface area contributed by atoms with Gasteiger partial charge in [-0.2, -0.15) is 0 Å². The van der Waals surface area contributed by atoms with Crippen LogP contribution in [0.3, 0.4) is 0 Å². The molecule has 23 heteroatoms. The maximum atomic E-state index is 13.0. The molecule has 6 rings (SSSR count). The highest BCUT2D eigenvalue weighted by molar-refractivity contribution is 6.01. The summed E-state index contributed by atoms with van der Waals surface area (Å²) in [5, 5.41) is 47.6. The average Bonchev–Trinajstić information content (AvgIpc) is 4.08. The molecule has 6 saturated heterocycles. The van der Waals surface area contributed by atoms with Crippen LogP contribution < -0.4 is 21.7 Å². The van der Waals surface area contributed by atoms with Crippen LogP contribution in [0, 0.1) is 17.8 Å². The topological polar surface area (TPSA) is 314 Å². The molecule has 0 aromatic rings. The fourth-order valence-electron chi connectivity index (χ4n) is 9.96. The van der Waals surface area contributed by atoms with E-state index in [1.165, 1.54) is 33.4 Å². The number of nitrogens with one attached hydrogen (secondary N) is 3. The predicted molar refractivity (Wildman–Crippen MR) is 279 cm³/mol. The Kier molecular flexibility index (Phi) is 22.3. The summed E-state index contributed by atoms with van der Waals surface area (Å²) in [4.78, 5) is 106. The molecule has 7 amide bonds. The lowest BCUT2D eigenvalue weighted by molar-refractivity contribution is -0.176. The maximum Gasteiger partial charge on any atom is 0.411 e. The highest BCUT2D eigenvalue weighted by atomic mass is 16.6. The normalized spacial score (nSPS) is 25.5. The largest absolute Gasteiger partial charge is 0.480 e. The van der Waals surface area contributed by atoms with Crippen molar-refractivity contribution in [1.82, 2.24) is 40.4 Å². The summed E-state index contributed by atoms with van der Waals surface area (Å²) in [5.41, 5.74) is 1.41. The highest BCUT2D eigenvalue weighted by Crippen LogP contribution is 2.43. The Bertz CT molecular complexity index is 2010. The zero-order valence-electron chi connectivity index (χ0n) is 47.5. The van der Waals surface area contributed by atoms with Gasteiger partial charge in [0.15, 0.2) is 6.04 Å². The van der Waals surface area contributed by atoms with Crippen LogP contribution in [0.2, 0.25) is 0 Å². The maximum absolute atomic E-state index is 13.0. The summed E-state index contributed by atoms with van der Waals surface area (Å²) in [7, 11) is 0. The second-order valence-electron chi connectivity index (χ2n) is 24.2. The smallest absolute Gasteiger partial charge is 0.411 e. The standard InChI is InChI=1S/C19H33N3O5.C15H24N2O6.C14H25N3O3.C4H11N/c1-12(2)10-20-15(24)14(13(3)23)21-11-19(16(21)25)8-7-9-22(19)17(26)27-18(4,5)6;1-9(18)10(11(19)20)16-8-15(12(16)21)6-5-7-17(15)13(22)23-14(2,3)4;1-9(2)7-15-12(19)11(10(3)18)17-8-14(13(17)20)5-4-6-16-14;1-4(2)3-5/h12-14,23H,7-11H2,1-6H3,(H,20,24);9-10,18H,5-8H2,1-4H3,(H,19,20);9-11,16,18H,4-8H2,1-3H3,(H,15,19);4H,3,5H2,1-2H3/t13-,14+,19?;9-,10+,15?;10-,11+,14?;/m111./s1. The van der Waals surface area contributed by atoms with Gasteiger partial charge in [-0.15, -0.1) is 0 Å². The molecule has 9 N–H and O–H groups in total. The van der Waals surface area contributed by atoms with Crippen molar-refractivity contribution < 1.29 is 68.3 Å². The number of nitrogens with zero attached hydrogens (tertiary/aromatic N) is 5. The minimum Gasteiger partial charge on any atom is -0.480 e. The van der Waals surface area contributed by atoms with Gasteiger partial charge in [-0.1, -0.05) is 41.5 Å². The average molecular weight is 1070 g/mol. The first-order valence-corrected chi connectivity index (χ1v) is 26.7. The molecular weight excluding hydrogens is 975 g/mol. The molecule has 6 aliphatic rings. The molecule has 0 saturated carbocycles. The molecule has 6 fully saturated rings. The molecule has 0 radical (unpaired) electrons. The Labute approximate surface area is 444 Å². The lowest BCUT2D eigenvalue weighted by atomic mass is 9.83. The van der Waals surface area contributed by atoms with Crippen molar-refractivity contribution in [3.05, 3.63) is 0 Å². The molecule has 6 aliphatic heterocycles. The number of carboxylic acids is 1. The zero-order chi connectivity index (χ0) is 57.3. The van der Waals surface area contributed by atoms with Crippen LogP contribution >= 0.6 is 0 Å². The number of carboxylic acid groups (broad SMARTS) is 1.